The molecule has 0 atom stereocenters. The van der Waals surface area contributed by atoms with Crippen LogP contribution in [0.5, 0.6) is 0 Å². The molecule has 1 amide bonds. The summed E-state index contributed by atoms with van der Waals surface area (Å²) in [5.74, 6) is 0. The van der Waals surface area contributed by atoms with Gasteiger partial charge in [0.2, 0.25) is 0 Å². The number of carbonyl (C=O) groups is 1. The van der Waals surface area contributed by atoms with E-state index in [1.807, 2.05) is 18.2 Å². The van der Waals surface area contributed by atoms with Crippen LogP contribution in [-0.2, 0) is 10.1 Å². The van der Waals surface area contributed by atoms with Crippen molar-refractivity contribution in [3.05, 3.63) is 30.6 Å². The third kappa shape index (κ3) is 6.91. The van der Waals surface area contributed by atoms with Crippen molar-refractivity contribution in [3.63, 3.8) is 0 Å². The average molecular weight is 204 g/mol. The molecule has 0 saturated carbocycles. The van der Waals surface area contributed by atoms with Crippen LogP contribution in [0.4, 0.5) is 4.79 Å². The second-order valence-electron chi connectivity index (χ2n) is 1.82. The third-order valence-corrected chi connectivity index (χ3v) is 1.33. The van der Waals surface area contributed by atoms with E-state index in [1.54, 1.807) is 12.4 Å². The highest BCUT2D eigenvalue weighted by atomic mass is 32.2. The highest BCUT2D eigenvalue weighted by Gasteiger charge is 2.10. The highest BCUT2D eigenvalue weighted by molar-refractivity contribution is 8.01. The van der Waals surface area contributed by atoms with E-state index >= 15 is 0 Å². The number of amides is 1. The average Bonchev–Trinajstić information content (AvgIpc) is 2.07. The maximum absolute atomic E-state index is 9.41. The standard InChI is InChI=1S/C5H5N.CH3NO4S/c1-2-4-6-5-3-1;2-1(3)7(4,5)6/h1-5H;(H2,2,3)(H,4,5,6). The fraction of sp³-hybridized carbons (Fsp3) is 0. The van der Waals surface area contributed by atoms with Crippen LogP contribution in [0.3, 0.4) is 0 Å². The Morgan fingerprint density at radius 2 is 1.62 bits per heavy atom. The molecular weight excluding hydrogens is 196 g/mol. The van der Waals surface area contributed by atoms with E-state index in [1.165, 1.54) is 0 Å². The first-order valence-corrected chi connectivity index (χ1v) is 4.50. The molecule has 0 spiro atoms. The van der Waals surface area contributed by atoms with Gasteiger partial charge in [-0.2, -0.15) is 8.42 Å². The zero-order valence-electron chi connectivity index (χ0n) is 6.49. The summed E-state index contributed by atoms with van der Waals surface area (Å²) in [4.78, 5) is 13.2. The fourth-order valence-corrected chi connectivity index (χ4v) is 0.313. The molecule has 7 heteroatoms. The molecule has 0 aliphatic carbocycles. The Morgan fingerprint density at radius 1 is 1.23 bits per heavy atom. The van der Waals surface area contributed by atoms with Gasteiger partial charge in [0.15, 0.2) is 0 Å². The van der Waals surface area contributed by atoms with Gasteiger partial charge in [-0.3, -0.25) is 14.3 Å². The number of rotatable bonds is 0. The Bertz CT molecular complexity index is 321. The number of hydrogen-bond acceptors (Lipinski definition) is 4. The van der Waals surface area contributed by atoms with Gasteiger partial charge in [-0.05, 0) is 12.1 Å². The molecule has 0 aromatic carbocycles. The van der Waals surface area contributed by atoms with E-state index in [4.69, 9.17) is 4.55 Å². The van der Waals surface area contributed by atoms with Crippen molar-refractivity contribution < 1.29 is 17.8 Å². The number of pyridine rings is 1. The van der Waals surface area contributed by atoms with Crippen LogP contribution >= 0.6 is 0 Å². The molecule has 0 bridgehead atoms. The van der Waals surface area contributed by atoms with Gasteiger partial charge in [0.1, 0.15) is 0 Å². The lowest BCUT2D eigenvalue weighted by Gasteiger charge is -1.80. The number of nitrogens with zero attached hydrogens (tertiary/aromatic N) is 1. The van der Waals surface area contributed by atoms with E-state index < -0.39 is 15.4 Å². The summed E-state index contributed by atoms with van der Waals surface area (Å²) in [6.07, 6.45) is 3.50. The maximum Gasteiger partial charge on any atom is 0.361 e. The number of hydrogen-bond donors (Lipinski definition) is 2. The quantitative estimate of drug-likeness (QED) is 0.579. The number of aromatic nitrogens is 1. The Hall–Kier alpha value is -1.47. The molecule has 13 heavy (non-hydrogen) atoms. The Kier molecular flexibility index (Phi) is 4.63. The van der Waals surface area contributed by atoms with Gasteiger partial charge in [-0.1, -0.05) is 6.07 Å². The zero-order valence-corrected chi connectivity index (χ0v) is 7.31. The van der Waals surface area contributed by atoms with Crippen molar-refractivity contribution in [2.24, 2.45) is 5.73 Å². The zero-order chi connectivity index (χ0) is 10.3. The molecule has 1 aromatic heterocycles. The molecular formula is C6H8N2O4S. The first-order chi connectivity index (χ1) is 5.94. The van der Waals surface area contributed by atoms with Crippen molar-refractivity contribution in [1.82, 2.24) is 4.98 Å². The summed E-state index contributed by atoms with van der Waals surface area (Å²) in [6, 6.07) is 5.72. The predicted octanol–water partition coefficient (Wildman–Crippen LogP) is 0.0345. The smallest absolute Gasteiger partial charge is 0.354 e. The van der Waals surface area contributed by atoms with Crippen LogP contribution in [0.2, 0.25) is 0 Å². The maximum atomic E-state index is 9.41. The molecule has 0 radical (unpaired) electrons. The second kappa shape index (κ2) is 5.22. The summed E-state index contributed by atoms with van der Waals surface area (Å²) < 4.78 is 26.4. The SMILES string of the molecule is NC(=O)S(=O)(=O)O.c1ccncc1. The summed E-state index contributed by atoms with van der Waals surface area (Å²) in [6.45, 7) is 0. The van der Waals surface area contributed by atoms with Crippen LogP contribution in [0.15, 0.2) is 30.6 Å². The number of primary amides is 1. The second-order valence-corrected chi connectivity index (χ2v) is 3.17. The molecule has 0 aliphatic rings. The summed E-state index contributed by atoms with van der Waals surface area (Å²) >= 11 is 0. The van der Waals surface area contributed by atoms with Crippen LogP contribution in [-0.4, -0.2) is 23.2 Å². The lowest BCUT2D eigenvalue weighted by atomic mass is 10.5. The van der Waals surface area contributed by atoms with E-state index in [0.29, 0.717) is 0 Å². The molecule has 1 heterocycles. The normalized spacial score (nSPS) is 9.62. The predicted molar refractivity (Wildman–Crippen MR) is 45.4 cm³/mol. The molecule has 0 aliphatic heterocycles. The van der Waals surface area contributed by atoms with Gasteiger partial charge in [-0.15, -0.1) is 0 Å². The van der Waals surface area contributed by atoms with Crippen LogP contribution in [0.1, 0.15) is 0 Å². The largest absolute Gasteiger partial charge is 0.361 e. The summed E-state index contributed by atoms with van der Waals surface area (Å²) in [7, 11) is -4.60. The highest BCUT2D eigenvalue weighted by Crippen LogP contribution is 1.76. The van der Waals surface area contributed by atoms with Gasteiger partial charge < -0.3 is 5.73 Å². The van der Waals surface area contributed by atoms with E-state index in [0.717, 1.165) is 0 Å². The minimum atomic E-state index is -4.60. The Morgan fingerprint density at radius 3 is 1.69 bits per heavy atom. The minimum Gasteiger partial charge on any atom is -0.354 e. The minimum absolute atomic E-state index is 1.73. The number of nitrogens with two attached hydrogens (primary N) is 1. The summed E-state index contributed by atoms with van der Waals surface area (Å²) in [5.41, 5.74) is 4.09. The molecule has 3 N–H and O–H groups in total. The molecule has 1 aromatic rings. The van der Waals surface area contributed by atoms with Gasteiger partial charge in [0.25, 0.3) is 0 Å². The van der Waals surface area contributed by atoms with Gasteiger partial charge >= 0.3 is 15.4 Å². The topological polar surface area (TPSA) is 110 Å². The van der Waals surface area contributed by atoms with Crippen molar-refractivity contribution in [2.45, 2.75) is 0 Å². The lowest BCUT2D eigenvalue weighted by Crippen LogP contribution is -2.20. The summed E-state index contributed by atoms with van der Waals surface area (Å²) in [5, 5.41) is -1.73. The molecule has 0 fully saturated rings. The van der Waals surface area contributed by atoms with Crippen LogP contribution in [0.25, 0.3) is 0 Å². The molecule has 6 nitrogen and oxygen atoms in total. The first-order valence-electron chi connectivity index (χ1n) is 3.06. The monoisotopic (exact) mass is 204 g/mol. The Labute approximate surface area is 75.2 Å². The Balaban J connectivity index is 0.000000223. The number of carbonyl (C=O) groups excluding carboxylic acids is 1. The van der Waals surface area contributed by atoms with Gasteiger partial charge in [0.05, 0.1) is 0 Å². The van der Waals surface area contributed by atoms with Crippen molar-refractivity contribution >= 4 is 15.4 Å². The van der Waals surface area contributed by atoms with Crippen molar-refractivity contribution in [1.29, 1.82) is 0 Å². The van der Waals surface area contributed by atoms with E-state index in [9.17, 15) is 13.2 Å². The molecule has 0 saturated heterocycles. The molecule has 0 unspecified atom stereocenters. The van der Waals surface area contributed by atoms with Crippen molar-refractivity contribution in [2.75, 3.05) is 0 Å². The van der Waals surface area contributed by atoms with E-state index in [2.05, 4.69) is 10.7 Å². The van der Waals surface area contributed by atoms with Gasteiger partial charge in [-0.25, -0.2) is 0 Å². The fourth-order valence-electron chi connectivity index (χ4n) is 0.313. The first kappa shape index (κ1) is 11.5. The molecule has 1 rings (SSSR count). The molecule has 72 valence electrons. The van der Waals surface area contributed by atoms with Crippen LogP contribution in [0, 0.1) is 0 Å². The van der Waals surface area contributed by atoms with E-state index in [-0.39, 0.29) is 0 Å². The third-order valence-electron chi connectivity index (χ3n) is 0.821. The van der Waals surface area contributed by atoms with Gasteiger partial charge in [0, 0.05) is 12.4 Å². The van der Waals surface area contributed by atoms with Crippen molar-refractivity contribution in [3.8, 4) is 0 Å². The lowest BCUT2D eigenvalue weighted by molar-refractivity contribution is 0.262. The van der Waals surface area contributed by atoms with Crippen LogP contribution < -0.4 is 5.73 Å².